The van der Waals surface area contributed by atoms with Gasteiger partial charge in [-0.1, -0.05) is 73.7 Å². The van der Waals surface area contributed by atoms with E-state index in [1.165, 1.54) is 5.39 Å². The topological polar surface area (TPSA) is 36.3 Å². The van der Waals surface area contributed by atoms with Gasteiger partial charge in [0.05, 0.1) is 17.6 Å². The summed E-state index contributed by atoms with van der Waals surface area (Å²) in [6, 6.07) is 32.7. The van der Waals surface area contributed by atoms with E-state index in [1.807, 2.05) is 60.7 Å². The summed E-state index contributed by atoms with van der Waals surface area (Å²) in [4.78, 5) is 4.94. The second kappa shape index (κ2) is 9.15. The summed E-state index contributed by atoms with van der Waals surface area (Å²) in [5.74, 6) is 2.69. The van der Waals surface area contributed by atoms with Gasteiger partial charge in [-0.2, -0.15) is 0 Å². The van der Waals surface area contributed by atoms with E-state index in [2.05, 4.69) is 47.9 Å². The molecular formula is C28H26N2O2. The smallest absolute Gasteiger partial charge is 0.156 e. The van der Waals surface area contributed by atoms with E-state index in [4.69, 9.17) is 14.5 Å². The fourth-order valence-corrected chi connectivity index (χ4v) is 4.13. The number of para-hydroxylation sites is 3. The van der Waals surface area contributed by atoms with Crippen molar-refractivity contribution in [2.75, 3.05) is 6.61 Å². The molecule has 5 aromatic rings. The molecule has 0 radical (unpaired) electrons. The first-order chi connectivity index (χ1) is 15.8. The van der Waals surface area contributed by atoms with Crippen molar-refractivity contribution in [1.82, 2.24) is 9.55 Å². The van der Waals surface area contributed by atoms with Crippen LogP contribution >= 0.6 is 0 Å². The van der Waals surface area contributed by atoms with Crippen molar-refractivity contribution in [1.29, 1.82) is 0 Å². The zero-order valence-electron chi connectivity index (χ0n) is 18.1. The molecule has 0 aliphatic carbocycles. The zero-order chi connectivity index (χ0) is 21.8. The van der Waals surface area contributed by atoms with Gasteiger partial charge in [0, 0.05) is 5.39 Å². The molecule has 1 aromatic heterocycles. The minimum Gasteiger partial charge on any atom is -0.491 e. The summed E-state index contributed by atoms with van der Waals surface area (Å²) in [6.45, 7) is 3.36. The minimum atomic E-state index is -0.137. The number of imidazole rings is 1. The highest BCUT2D eigenvalue weighted by Gasteiger charge is 2.20. The molecule has 160 valence electrons. The van der Waals surface area contributed by atoms with Crippen molar-refractivity contribution in [3.8, 4) is 11.5 Å². The van der Waals surface area contributed by atoms with Crippen LogP contribution in [0, 0.1) is 0 Å². The van der Waals surface area contributed by atoms with Gasteiger partial charge in [0.15, 0.2) is 11.9 Å². The summed E-state index contributed by atoms with van der Waals surface area (Å²) < 4.78 is 14.8. The Morgan fingerprint density at radius 1 is 0.812 bits per heavy atom. The van der Waals surface area contributed by atoms with Gasteiger partial charge in [0.2, 0.25) is 0 Å². The molecule has 1 atom stereocenters. The van der Waals surface area contributed by atoms with Crippen molar-refractivity contribution in [3.63, 3.8) is 0 Å². The van der Waals surface area contributed by atoms with Crippen molar-refractivity contribution < 1.29 is 9.47 Å². The third-order valence-corrected chi connectivity index (χ3v) is 5.69. The predicted octanol–water partition coefficient (Wildman–Crippen LogP) is 6.80. The van der Waals surface area contributed by atoms with E-state index in [1.54, 1.807) is 0 Å². The van der Waals surface area contributed by atoms with Gasteiger partial charge in [0.25, 0.3) is 0 Å². The molecule has 0 amide bonds. The molecule has 4 heteroatoms. The third kappa shape index (κ3) is 4.04. The van der Waals surface area contributed by atoms with Crippen molar-refractivity contribution in [3.05, 3.63) is 103 Å². The number of ether oxygens (including phenoxy) is 2. The van der Waals surface area contributed by atoms with Crippen molar-refractivity contribution in [2.45, 2.75) is 26.0 Å². The minimum absolute atomic E-state index is 0.137. The van der Waals surface area contributed by atoms with E-state index in [9.17, 15) is 0 Å². The molecule has 1 unspecified atom stereocenters. The maximum Gasteiger partial charge on any atom is 0.156 e. The number of hydrogen-bond donors (Lipinski definition) is 0. The van der Waals surface area contributed by atoms with Crippen LogP contribution in [0.5, 0.6) is 11.5 Å². The first-order valence-electron chi connectivity index (χ1n) is 11.1. The van der Waals surface area contributed by atoms with Crippen LogP contribution in [0.3, 0.4) is 0 Å². The first kappa shape index (κ1) is 20.1. The highest BCUT2D eigenvalue weighted by atomic mass is 16.5. The van der Waals surface area contributed by atoms with E-state index in [0.29, 0.717) is 13.2 Å². The molecule has 5 rings (SSSR count). The molecule has 32 heavy (non-hydrogen) atoms. The second-order valence-corrected chi connectivity index (χ2v) is 7.76. The molecular weight excluding hydrogens is 396 g/mol. The predicted molar refractivity (Wildman–Crippen MR) is 129 cm³/mol. The Morgan fingerprint density at radius 2 is 1.56 bits per heavy atom. The number of nitrogens with zero attached hydrogens (tertiary/aromatic N) is 2. The lowest BCUT2D eigenvalue weighted by atomic mass is 10.1. The summed E-state index contributed by atoms with van der Waals surface area (Å²) >= 11 is 0. The van der Waals surface area contributed by atoms with Crippen LogP contribution in [0.4, 0.5) is 0 Å². The highest BCUT2D eigenvalue weighted by Crippen LogP contribution is 2.28. The molecule has 4 aromatic carbocycles. The number of fused-ring (bicyclic) bond motifs is 2. The van der Waals surface area contributed by atoms with Gasteiger partial charge >= 0.3 is 0 Å². The van der Waals surface area contributed by atoms with E-state index in [-0.39, 0.29) is 6.10 Å². The average molecular weight is 423 g/mol. The quantitative estimate of drug-likeness (QED) is 0.276. The molecule has 0 N–H and O–H groups in total. The lowest BCUT2D eigenvalue weighted by Crippen LogP contribution is -2.17. The third-order valence-electron chi connectivity index (χ3n) is 5.69. The summed E-state index contributed by atoms with van der Waals surface area (Å²) in [6.07, 6.45) is 0.685. The van der Waals surface area contributed by atoms with E-state index < -0.39 is 0 Å². The second-order valence-electron chi connectivity index (χ2n) is 7.76. The first-order valence-corrected chi connectivity index (χ1v) is 11.1. The maximum atomic E-state index is 6.32. The van der Waals surface area contributed by atoms with Gasteiger partial charge in [-0.3, -0.25) is 0 Å². The molecule has 4 nitrogen and oxygen atoms in total. The van der Waals surface area contributed by atoms with Gasteiger partial charge in [-0.05, 0) is 42.1 Å². The van der Waals surface area contributed by atoms with Crippen LogP contribution < -0.4 is 9.47 Å². The molecule has 0 aliphatic heterocycles. The highest BCUT2D eigenvalue weighted by molar-refractivity contribution is 5.88. The maximum absolute atomic E-state index is 6.32. The average Bonchev–Trinajstić information content (AvgIpc) is 3.22. The summed E-state index contributed by atoms with van der Waals surface area (Å²) in [7, 11) is 0. The molecule has 0 aliphatic rings. The van der Waals surface area contributed by atoms with E-state index in [0.717, 1.165) is 40.2 Å². The van der Waals surface area contributed by atoms with Gasteiger partial charge in [0.1, 0.15) is 18.1 Å². The van der Waals surface area contributed by atoms with Gasteiger partial charge in [-0.15, -0.1) is 0 Å². The Morgan fingerprint density at radius 3 is 2.44 bits per heavy atom. The van der Waals surface area contributed by atoms with Crippen LogP contribution in [-0.4, -0.2) is 16.2 Å². The lowest BCUT2D eigenvalue weighted by Gasteiger charge is -2.19. The van der Waals surface area contributed by atoms with Crippen LogP contribution in [0.25, 0.3) is 21.8 Å². The van der Waals surface area contributed by atoms with Gasteiger partial charge in [-0.25, -0.2) is 4.98 Å². The van der Waals surface area contributed by atoms with Crippen molar-refractivity contribution in [2.24, 2.45) is 0 Å². The molecule has 1 heterocycles. The Balaban J connectivity index is 1.42. The van der Waals surface area contributed by atoms with Crippen LogP contribution in [0.15, 0.2) is 97.1 Å². The van der Waals surface area contributed by atoms with Crippen LogP contribution in [-0.2, 0) is 6.54 Å². The molecule has 0 bridgehead atoms. The number of aromatic nitrogens is 2. The largest absolute Gasteiger partial charge is 0.491 e. The summed E-state index contributed by atoms with van der Waals surface area (Å²) in [5, 5.41) is 2.31. The Hall–Kier alpha value is -3.79. The Labute approximate surface area is 188 Å². The number of hydrogen-bond acceptors (Lipinski definition) is 3. The van der Waals surface area contributed by atoms with Crippen molar-refractivity contribution >= 4 is 21.8 Å². The van der Waals surface area contributed by atoms with E-state index >= 15 is 0 Å². The molecule has 0 fully saturated rings. The fraction of sp³-hybridized carbons (Fsp3) is 0.179. The zero-order valence-corrected chi connectivity index (χ0v) is 18.1. The Kier molecular flexibility index (Phi) is 5.75. The molecule has 0 saturated heterocycles. The fourth-order valence-electron chi connectivity index (χ4n) is 4.13. The van der Waals surface area contributed by atoms with Crippen LogP contribution in [0.2, 0.25) is 0 Å². The number of benzene rings is 4. The lowest BCUT2D eigenvalue weighted by molar-refractivity contribution is 0.184. The monoisotopic (exact) mass is 422 g/mol. The van der Waals surface area contributed by atoms with Crippen LogP contribution in [0.1, 0.15) is 25.3 Å². The SMILES string of the molecule is CCC(Oc1ccccc1)c1nc2ccccc2n1CCOc1cccc2ccccc12. The van der Waals surface area contributed by atoms with Gasteiger partial charge < -0.3 is 14.0 Å². The Bertz CT molecular complexity index is 1320. The normalized spacial score (nSPS) is 12.2. The summed E-state index contributed by atoms with van der Waals surface area (Å²) in [5.41, 5.74) is 2.07. The number of rotatable bonds is 8. The molecule has 0 saturated carbocycles. The standard InChI is InChI=1S/C28H26N2O2/c1-2-26(32-22-13-4-3-5-14-22)28-29-24-16-8-9-17-25(24)30(28)19-20-31-27-18-10-12-21-11-6-7-15-23(21)27/h3-18,26H,2,19-20H2,1H3. The molecule has 0 spiro atoms.